The molecule has 2 rings (SSSR count). The zero-order chi connectivity index (χ0) is 22.9. The van der Waals surface area contributed by atoms with E-state index in [0.717, 1.165) is 0 Å². The molecule has 0 fully saturated rings. The standard InChI is InChI=1S/C15H21N3O/c1-17(2)11-12-19-15(13-7-5-4-6-8-13)14-9-10-16-18(14)3/h4-10,15H,11-12H2,1-3H3/i1D3,2D3,3D3,9D,10D. The molecular formula is C15H21N3O. The average molecular weight is 270 g/mol. The molecule has 1 heterocycles. The third-order valence-corrected chi connectivity index (χ3v) is 2.51. The Balaban J connectivity index is 2.41. The van der Waals surface area contributed by atoms with Gasteiger partial charge in [0.25, 0.3) is 0 Å². The molecule has 0 bridgehead atoms. The van der Waals surface area contributed by atoms with Crippen LogP contribution < -0.4 is 0 Å². The first kappa shape index (κ1) is 5.38. The van der Waals surface area contributed by atoms with Crippen molar-refractivity contribution in [3.8, 4) is 0 Å². The molecule has 1 unspecified atom stereocenters. The van der Waals surface area contributed by atoms with Crippen LogP contribution in [0.15, 0.2) is 42.5 Å². The summed E-state index contributed by atoms with van der Waals surface area (Å²) in [6, 6.07) is 7.79. The number of hydrogen-bond donors (Lipinski definition) is 0. The maximum absolute atomic E-state index is 8.10. The van der Waals surface area contributed by atoms with E-state index in [1.807, 2.05) is 0 Å². The Morgan fingerprint density at radius 3 is 3.00 bits per heavy atom. The largest absolute Gasteiger partial charge is 0.366 e. The van der Waals surface area contributed by atoms with E-state index >= 15 is 0 Å². The highest BCUT2D eigenvalue weighted by molar-refractivity contribution is 5.25. The van der Waals surface area contributed by atoms with Crippen molar-refractivity contribution in [3.63, 3.8) is 0 Å². The molecule has 0 aliphatic heterocycles. The molecular weight excluding hydrogens is 238 g/mol. The van der Waals surface area contributed by atoms with Crippen LogP contribution in [0.25, 0.3) is 0 Å². The van der Waals surface area contributed by atoms with Gasteiger partial charge in [-0.05, 0) is 25.6 Å². The molecule has 0 aliphatic carbocycles. The lowest BCUT2D eigenvalue weighted by Gasteiger charge is -2.20. The molecule has 102 valence electrons. The van der Waals surface area contributed by atoms with Crippen molar-refractivity contribution in [1.29, 1.82) is 0 Å². The van der Waals surface area contributed by atoms with Crippen LogP contribution in [0, 0.1) is 0 Å². The Bertz CT molecular complexity index is 828. The number of hydrogen-bond acceptors (Lipinski definition) is 3. The van der Waals surface area contributed by atoms with E-state index in [1.165, 1.54) is 0 Å². The number of aromatic nitrogens is 2. The molecule has 1 atom stereocenters. The van der Waals surface area contributed by atoms with Gasteiger partial charge in [0.1, 0.15) is 6.10 Å². The SMILES string of the molecule is [2H]c1nn(C([2H])([2H])[2H])c(C(OCCN(C([2H])([2H])[2H])C([2H])([2H])[2H])c2ccccc2)c1[2H]. The van der Waals surface area contributed by atoms with Crippen LogP contribution in [0.2, 0.25) is 0 Å². The van der Waals surface area contributed by atoms with E-state index in [2.05, 4.69) is 5.10 Å². The molecule has 0 N–H and O–H groups in total. The predicted molar refractivity (Wildman–Crippen MR) is 76.0 cm³/mol. The Labute approximate surface area is 130 Å². The summed E-state index contributed by atoms with van der Waals surface area (Å²) < 4.78 is 89.5. The predicted octanol–water partition coefficient (Wildman–Crippen LogP) is 2.09. The highest BCUT2D eigenvalue weighted by Crippen LogP contribution is 2.25. The van der Waals surface area contributed by atoms with Crippen LogP contribution in [0.5, 0.6) is 0 Å². The Morgan fingerprint density at radius 1 is 1.42 bits per heavy atom. The third-order valence-electron chi connectivity index (χ3n) is 2.51. The summed E-state index contributed by atoms with van der Waals surface area (Å²) in [5.41, 5.74) is 0.228. The zero-order valence-electron chi connectivity index (χ0n) is 21.1. The first-order valence-electron chi connectivity index (χ1n) is 11.1. The van der Waals surface area contributed by atoms with Gasteiger partial charge in [0.05, 0.1) is 15.0 Å². The number of nitrogens with zero attached hydrogens (tertiary/aromatic N) is 3. The van der Waals surface area contributed by atoms with Crippen molar-refractivity contribution < 1.29 is 19.8 Å². The molecule has 2 aromatic rings. The fourth-order valence-corrected chi connectivity index (χ4v) is 1.64. The zero-order valence-corrected chi connectivity index (χ0v) is 10.1. The van der Waals surface area contributed by atoms with Gasteiger partial charge in [-0.3, -0.25) is 4.68 Å². The lowest BCUT2D eigenvalue weighted by atomic mass is 10.1. The monoisotopic (exact) mass is 270 g/mol. The van der Waals surface area contributed by atoms with Crippen molar-refractivity contribution in [3.05, 3.63) is 53.8 Å². The van der Waals surface area contributed by atoms with E-state index in [4.69, 9.17) is 19.8 Å². The Hall–Kier alpha value is -1.65. The molecule has 1 aromatic heterocycles. The van der Waals surface area contributed by atoms with Crippen LogP contribution in [-0.2, 0) is 11.7 Å². The lowest BCUT2D eigenvalue weighted by molar-refractivity contribution is 0.0638. The Kier molecular flexibility index (Phi) is 1.84. The maximum atomic E-state index is 8.10. The number of rotatable bonds is 6. The van der Waals surface area contributed by atoms with Gasteiger partial charge in [-0.15, -0.1) is 0 Å². The second-order valence-corrected chi connectivity index (χ2v) is 3.85. The smallest absolute Gasteiger partial charge is 0.124 e. The number of ether oxygens (including phenoxy) is 1. The van der Waals surface area contributed by atoms with Crippen molar-refractivity contribution in [1.82, 2.24) is 14.7 Å². The Morgan fingerprint density at radius 2 is 2.26 bits per heavy atom. The molecule has 0 spiro atoms. The normalized spacial score (nSPS) is 23.3. The van der Waals surface area contributed by atoms with Gasteiger partial charge in [0.15, 0.2) is 0 Å². The second kappa shape index (κ2) is 6.50. The first-order chi connectivity index (χ1) is 13.6. The molecule has 0 radical (unpaired) electrons. The van der Waals surface area contributed by atoms with Crippen LogP contribution in [0.1, 0.15) is 32.4 Å². The van der Waals surface area contributed by atoms with E-state index in [9.17, 15) is 0 Å². The van der Waals surface area contributed by atoms with Gasteiger partial charge in [0.2, 0.25) is 0 Å². The van der Waals surface area contributed by atoms with E-state index in [0.29, 0.717) is 15.1 Å². The number of benzene rings is 1. The van der Waals surface area contributed by atoms with Crippen LogP contribution in [-0.4, -0.2) is 41.8 Å². The summed E-state index contributed by atoms with van der Waals surface area (Å²) in [5, 5.41) is 3.61. The minimum absolute atomic E-state index is 0.208. The topological polar surface area (TPSA) is 30.3 Å². The van der Waals surface area contributed by atoms with E-state index in [-0.39, 0.29) is 5.69 Å². The van der Waals surface area contributed by atoms with Crippen molar-refractivity contribution in [2.75, 3.05) is 27.1 Å². The number of aryl methyl sites for hydroxylation is 1. The highest BCUT2D eigenvalue weighted by Gasteiger charge is 2.17. The molecule has 4 nitrogen and oxygen atoms in total. The molecule has 1 aromatic carbocycles. The summed E-state index contributed by atoms with van der Waals surface area (Å²) >= 11 is 0. The summed E-state index contributed by atoms with van der Waals surface area (Å²) in [5.74, 6) is 0. The van der Waals surface area contributed by atoms with Crippen molar-refractivity contribution in [2.24, 2.45) is 6.98 Å². The molecule has 0 saturated carbocycles. The minimum Gasteiger partial charge on any atom is -0.366 e. The molecule has 0 saturated heterocycles. The van der Waals surface area contributed by atoms with Crippen molar-refractivity contribution in [2.45, 2.75) is 6.10 Å². The van der Waals surface area contributed by atoms with E-state index in [1.54, 1.807) is 30.3 Å². The van der Waals surface area contributed by atoms with Gasteiger partial charge in [0, 0.05) is 32.0 Å². The van der Waals surface area contributed by atoms with Gasteiger partial charge >= 0.3 is 0 Å². The maximum Gasteiger partial charge on any atom is 0.124 e. The summed E-state index contributed by atoms with van der Waals surface area (Å²) in [6.45, 7) is -9.47. The summed E-state index contributed by atoms with van der Waals surface area (Å²) in [6.07, 6.45) is -1.74. The minimum atomic E-state index is -2.90. The van der Waals surface area contributed by atoms with Gasteiger partial charge in [-0.25, -0.2) is 0 Å². The molecule has 19 heavy (non-hydrogen) atoms. The van der Waals surface area contributed by atoms with E-state index < -0.39 is 52.4 Å². The number of likely N-dealkylation sites (N-methyl/N-ethyl adjacent to an activating group) is 1. The van der Waals surface area contributed by atoms with Gasteiger partial charge in [-0.1, -0.05) is 30.3 Å². The average Bonchev–Trinajstić information content (AvgIpc) is 2.89. The van der Waals surface area contributed by atoms with Crippen molar-refractivity contribution >= 4 is 0 Å². The second-order valence-electron chi connectivity index (χ2n) is 3.85. The van der Waals surface area contributed by atoms with Gasteiger partial charge < -0.3 is 9.64 Å². The fourth-order valence-electron chi connectivity index (χ4n) is 1.64. The van der Waals surface area contributed by atoms with Crippen LogP contribution in [0.3, 0.4) is 0 Å². The molecule has 4 heteroatoms. The van der Waals surface area contributed by atoms with Crippen LogP contribution in [0.4, 0.5) is 0 Å². The van der Waals surface area contributed by atoms with Crippen LogP contribution >= 0.6 is 0 Å². The third kappa shape index (κ3) is 3.66. The summed E-state index contributed by atoms with van der Waals surface area (Å²) in [7, 11) is 0. The lowest BCUT2D eigenvalue weighted by Crippen LogP contribution is -2.20. The first-order valence-corrected chi connectivity index (χ1v) is 5.65. The molecule has 0 amide bonds. The quantitative estimate of drug-likeness (QED) is 0.805. The fraction of sp³-hybridized carbons (Fsp3) is 0.400. The van der Waals surface area contributed by atoms with Gasteiger partial charge in [-0.2, -0.15) is 5.10 Å². The highest BCUT2D eigenvalue weighted by atomic mass is 16.5. The summed E-state index contributed by atoms with van der Waals surface area (Å²) in [4.78, 5) is 0.320. The molecule has 0 aliphatic rings.